The van der Waals surface area contributed by atoms with Crippen molar-refractivity contribution in [3.63, 3.8) is 0 Å². The van der Waals surface area contributed by atoms with E-state index in [0.29, 0.717) is 5.88 Å². The monoisotopic (exact) mass is 378 g/mol. The molecule has 0 amide bonds. The average molecular weight is 378 g/mol. The molecule has 7 heteroatoms. The molecule has 1 saturated carbocycles. The van der Waals surface area contributed by atoms with Crippen molar-refractivity contribution >= 4 is 16.9 Å². The van der Waals surface area contributed by atoms with Crippen LogP contribution in [0.25, 0.3) is 22.3 Å². The summed E-state index contributed by atoms with van der Waals surface area (Å²) >= 11 is 0. The minimum atomic E-state index is -0.0492. The Kier molecular flexibility index (Phi) is 4.01. The first kappa shape index (κ1) is 17.4. The van der Waals surface area contributed by atoms with Gasteiger partial charge in [0.15, 0.2) is 0 Å². The van der Waals surface area contributed by atoms with Crippen LogP contribution in [0.4, 0.5) is 5.82 Å². The second-order valence-electron chi connectivity index (χ2n) is 8.32. The van der Waals surface area contributed by atoms with Gasteiger partial charge in [-0.2, -0.15) is 5.10 Å². The van der Waals surface area contributed by atoms with Crippen LogP contribution in [0.1, 0.15) is 25.5 Å². The van der Waals surface area contributed by atoms with Crippen molar-refractivity contribution in [2.45, 2.75) is 32.3 Å². The fourth-order valence-electron chi connectivity index (χ4n) is 3.66. The Balaban J connectivity index is 1.51. The van der Waals surface area contributed by atoms with E-state index in [0.717, 1.165) is 72.8 Å². The molecule has 0 aromatic carbocycles. The Labute approximate surface area is 164 Å². The number of aromatic amines is 1. The highest BCUT2D eigenvalue weighted by Crippen LogP contribution is 2.39. The number of likely N-dealkylation sites (N-methyl/N-ethyl adjacent to an activating group) is 1. The molecule has 1 aliphatic carbocycles. The van der Waals surface area contributed by atoms with E-state index >= 15 is 0 Å². The van der Waals surface area contributed by atoms with E-state index in [4.69, 9.17) is 14.7 Å². The molecule has 1 saturated heterocycles. The molecule has 3 aromatic rings. The molecule has 0 unspecified atom stereocenters. The molecule has 0 atom stereocenters. The lowest BCUT2D eigenvalue weighted by Gasteiger charge is -2.33. The molecule has 0 spiro atoms. The normalized spacial score (nSPS) is 19.2. The minimum absolute atomic E-state index is 0.0492. The van der Waals surface area contributed by atoms with E-state index in [1.165, 1.54) is 0 Å². The molecule has 1 N–H and O–H groups in total. The molecule has 0 radical (unpaired) electrons. The predicted molar refractivity (Wildman–Crippen MR) is 110 cm³/mol. The number of fused-ring (bicyclic) bond motifs is 1. The van der Waals surface area contributed by atoms with Gasteiger partial charge in [0, 0.05) is 43.5 Å². The summed E-state index contributed by atoms with van der Waals surface area (Å²) in [4.78, 5) is 14.2. The van der Waals surface area contributed by atoms with Crippen LogP contribution in [-0.2, 0) is 0 Å². The first-order valence-corrected chi connectivity index (χ1v) is 9.96. The summed E-state index contributed by atoms with van der Waals surface area (Å²) < 4.78 is 6.06. The van der Waals surface area contributed by atoms with Crippen molar-refractivity contribution in [2.75, 3.05) is 38.1 Å². The molecule has 146 valence electrons. The Bertz CT molecular complexity index is 1020. The van der Waals surface area contributed by atoms with Gasteiger partial charge in [0.2, 0.25) is 5.88 Å². The maximum Gasteiger partial charge on any atom is 0.214 e. The van der Waals surface area contributed by atoms with Crippen LogP contribution in [0, 0.1) is 6.92 Å². The topological polar surface area (TPSA) is 70.2 Å². The first-order chi connectivity index (χ1) is 13.5. The number of H-pyrrole nitrogens is 1. The number of hydrogen-bond acceptors (Lipinski definition) is 6. The van der Waals surface area contributed by atoms with Crippen molar-refractivity contribution < 1.29 is 4.74 Å². The summed E-state index contributed by atoms with van der Waals surface area (Å²) in [5.74, 6) is 1.68. The van der Waals surface area contributed by atoms with Crippen molar-refractivity contribution in [2.24, 2.45) is 0 Å². The lowest BCUT2D eigenvalue weighted by Crippen LogP contribution is -2.44. The van der Waals surface area contributed by atoms with Crippen LogP contribution < -0.4 is 9.64 Å². The van der Waals surface area contributed by atoms with Gasteiger partial charge in [-0.1, -0.05) is 0 Å². The molecule has 3 aromatic heterocycles. The van der Waals surface area contributed by atoms with Crippen molar-refractivity contribution in [1.82, 2.24) is 25.1 Å². The molecular weight excluding hydrogens is 352 g/mol. The summed E-state index contributed by atoms with van der Waals surface area (Å²) in [6, 6.07) is 8.12. The summed E-state index contributed by atoms with van der Waals surface area (Å²) in [5.41, 5.74) is 4.58. The quantitative estimate of drug-likeness (QED) is 0.753. The van der Waals surface area contributed by atoms with Crippen LogP contribution in [-0.4, -0.2) is 63.9 Å². The maximum atomic E-state index is 6.06. The van der Waals surface area contributed by atoms with Crippen molar-refractivity contribution in [3.05, 3.63) is 30.0 Å². The lowest BCUT2D eigenvalue weighted by atomic mass is 10.1. The number of aryl methyl sites for hydroxylation is 1. The molecule has 7 nitrogen and oxygen atoms in total. The summed E-state index contributed by atoms with van der Waals surface area (Å²) in [6.45, 7) is 8.25. The first-order valence-electron chi connectivity index (χ1n) is 9.96. The van der Waals surface area contributed by atoms with Crippen molar-refractivity contribution in [3.8, 4) is 17.1 Å². The van der Waals surface area contributed by atoms with Gasteiger partial charge in [0.1, 0.15) is 22.6 Å². The third-order valence-electron chi connectivity index (χ3n) is 5.73. The number of hydrogen-bond donors (Lipinski definition) is 1. The number of rotatable bonds is 4. The van der Waals surface area contributed by atoms with Gasteiger partial charge in [-0.05, 0) is 51.9 Å². The van der Waals surface area contributed by atoms with Gasteiger partial charge in [0.05, 0.1) is 5.52 Å². The van der Waals surface area contributed by atoms with Gasteiger partial charge in [-0.15, -0.1) is 0 Å². The zero-order valence-corrected chi connectivity index (χ0v) is 16.7. The Morgan fingerprint density at radius 2 is 1.86 bits per heavy atom. The number of ether oxygens (including phenoxy) is 1. The molecule has 0 bridgehead atoms. The molecule has 1 aliphatic heterocycles. The average Bonchev–Trinajstić information content (AvgIpc) is 3.25. The highest BCUT2D eigenvalue weighted by molar-refractivity contribution is 5.90. The summed E-state index contributed by atoms with van der Waals surface area (Å²) in [5, 5.41) is 7.67. The second kappa shape index (κ2) is 6.44. The third-order valence-corrected chi connectivity index (χ3v) is 5.73. The zero-order valence-electron chi connectivity index (χ0n) is 16.7. The molecule has 2 fully saturated rings. The number of pyridine rings is 2. The van der Waals surface area contributed by atoms with Crippen molar-refractivity contribution in [1.29, 1.82) is 0 Å². The van der Waals surface area contributed by atoms with Crippen LogP contribution in [0.15, 0.2) is 24.3 Å². The van der Waals surface area contributed by atoms with Gasteiger partial charge in [0.25, 0.3) is 0 Å². The van der Waals surface area contributed by atoms with E-state index in [2.05, 4.69) is 46.1 Å². The summed E-state index contributed by atoms with van der Waals surface area (Å²) in [7, 11) is 2.16. The molecular formula is C21H26N6O. The fraction of sp³-hybridized carbons (Fsp3) is 0.476. The molecule has 5 rings (SSSR count). The van der Waals surface area contributed by atoms with E-state index in [1.807, 2.05) is 19.1 Å². The van der Waals surface area contributed by atoms with E-state index in [9.17, 15) is 0 Å². The Morgan fingerprint density at radius 1 is 1.07 bits per heavy atom. The van der Waals surface area contributed by atoms with Gasteiger partial charge >= 0.3 is 0 Å². The van der Waals surface area contributed by atoms with Crippen LogP contribution in [0.5, 0.6) is 5.88 Å². The predicted octanol–water partition coefficient (Wildman–Crippen LogP) is 3.01. The second-order valence-corrected chi connectivity index (χ2v) is 8.32. The highest BCUT2D eigenvalue weighted by atomic mass is 16.5. The molecule has 4 heterocycles. The maximum absolute atomic E-state index is 6.06. The number of piperazine rings is 1. The van der Waals surface area contributed by atoms with Crippen LogP contribution in [0.3, 0.4) is 0 Å². The van der Waals surface area contributed by atoms with E-state index < -0.39 is 0 Å². The Morgan fingerprint density at radius 3 is 2.61 bits per heavy atom. The molecule has 28 heavy (non-hydrogen) atoms. The van der Waals surface area contributed by atoms with E-state index in [-0.39, 0.29) is 5.60 Å². The standard InChI is InChI=1S/C21H26N6O/c1-14-12-15(13-17(22-14)27-10-8-26(3)9-11-27)19-20-16(24-25-19)4-5-18(23-20)28-21(2)6-7-21/h4-5,12-13H,6-11H2,1-3H3,(H,24,25). The SMILES string of the molecule is Cc1cc(-c2n[nH]c3ccc(OC4(C)CC4)nc23)cc(N2CCN(C)CC2)n1. The lowest BCUT2D eigenvalue weighted by molar-refractivity contribution is 0.192. The fourth-order valence-corrected chi connectivity index (χ4v) is 3.66. The van der Waals surface area contributed by atoms with Gasteiger partial charge < -0.3 is 14.5 Å². The van der Waals surface area contributed by atoms with Crippen LogP contribution >= 0.6 is 0 Å². The van der Waals surface area contributed by atoms with Gasteiger partial charge in [-0.3, -0.25) is 5.10 Å². The largest absolute Gasteiger partial charge is 0.471 e. The van der Waals surface area contributed by atoms with Crippen LogP contribution in [0.2, 0.25) is 0 Å². The minimum Gasteiger partial charge on any atom is -0.471 e. The highest BCUT2D eigenvalue weighted by Gasteiger charge is 2.40. The number of nitrogens with one attached hydrogen (secondary N) is 1. The van der Waals surface area contributed by atoms with E-state index in [1.54, 1.807) is 0 Å². The number of aromatic nitrogens is 4. The smallest absolute Gasteiger partial charge is 0.214 e. The number of nitrogens with zero attached hydrogens (tertiary/aromatic N) is 5. The zero-order chi connectivity index (χ0) is 19.3. The summed E-state index contributed by atoms with van der Waals surface area (Å²) in [6.07, 6.45) is 2.17. The third kappa shape index (κ3) is 3.30. The molecule has 2 aliphatic rings. The number of anilines is 1. The van der Waals surface area contributed by atoms with Gasteiger partial charge in [-0.25, -0.2) is 9.97 Å². The Hall–Kier alpha value is -2.67.